The molecule has 0 spiro atoms. The molecule has 0 amide bonds. The summed E-state index contributed by atoms with van der Waals surface area (Å²) in [5.74, 6) is 1.39. The number of fused-ring (bicyclic) bond motifs is 5. The zero-order valence-electron chi connectivity index (χ0n) is 28.5. The van der Waals surface area contributed by atoms with Crippen LogP contribution in [0.3, 0.4) is 0 Å². The third kappa shape index (κ3) is 5.30. The van der Waals surface area contributed by atoms with E-state index in [2.05, 4.69) is 186 Å². The van der Waals surface area contributed by atoms with Crippen molar-refractivity contribution in [3.8, 4) is 34.2 Å². The summed E-state index contributed by atoms with van der Waals surface area (Å²) < 4.78 is 4.65. The number of anilines is 3. The van der Waals surface area contributed by atoms with Crippen LogP contribution < -0.4 is 4.90 Å². The quantitative estimate of drug-likeness (QED) is 0.167. The highest BCUT2D eigenvalue weighted by molar-refractivity contribution is 6.21. The second-order valence-electron chi connectivity index (χ2n) is 12.9. The van der Waals surface area contributed by atoms with E-state index >= 15 is 0 Å². The SMILES string of the molecule is c1ccc(-n2ccc3c4c5cc(N(c6ccc(-c7ncccn7)cc6)c6ccc(-c7ncccn7)cc6)ccc5n(-c5ccccc5)c4ccc32)cc1. The minimum Gasteiger partial charge on any atom is -0.317 e. The summed E-state index contributed by atoms with van der Waals surface area (Å²) in [5, 5.41) is 3.59. The molecular formula is C46H31N7. The molecule has 10 aromatic rings. The van der Waals surface area contributed by atoms with Gasteiger partial charge in [-0.2, -0.15) is 0 Å². The average molecular weight is 682 g/mol. The largest absolute Gasteiger partial charge is 0.317 e. The summed E-state index contributed by atoms with van der Waals surface area (Å²) in [4.78, 5) is 20.2. The summed E-state index contributed by atoms with van der Waals surface area (Å²) in [6.45, 7) is 0. The van der Waals surface area contributed by atoms with Gasteiger partial charge in [0.25, 0.3) is 0 Å². The molecule has 0 unspecified atom stereocenters. The van der Waals surface area contributed by atoms with Crippen molar-refractivity contribution in [2.24, 2.45) is 0 Å². The maximum atomic E-state index is 4.47. The Labute approximate surface area is 305 Å². The Morgan fingerprint density at radius 3 is 1.49 bits per heavy atom. The van der Waals surface area contributed by atoms with Gasteiger partial charge < -0.3 is 14.0 Å². The van der Waals surface area contributed by atoms with Gasteiger partial charge in [0.05, 0.1) is 16.6 Å². The lowest BCUT2D eigenvalue weighted by Gasteiger charge is -2.26. The molecule has 0 saturated heterocycles. The summed E-state index contributed by atoms with van der Waals surface area (Å²) in [7, 11) is 0. The first-order valence-corrected chi connectivity index (χ1v) is 17.5. The molecule has 6 aromatic carbocycles. The van der Waals surface area contributed by atoms with Gasteiger partial charge >= 0.3 is 0 Å². The summed E-state index contributed by atoms with van der Waals surface area (Å²) in [6.07, 6.45) is 9.26. The highest BCUT2D eigenvalue weighted by atomic mass is 15.1. The van der Waals surface area contributed by atoms with Gasteiger partial charge in [-0.15, -0.1) is 0 Å². The van der Waals surface area contributed by atoms with Gasteiger partial charge in [-0.25, -0.2) is 19.9 Å². The Kier molecular flexibility index (Phi) is 7.32. The second-order valence-corrected chi connectivity index (χ2v) is 12.9. The molecule has 0 fully saturated rings. The van der Waals surface area contributed by atoms with E-state index in [1.807, 2.05) is 12.1 Å². The number of hydrogen-bond donors (Lipinski definition) is 0. The smallest absolute Gasteiger partial charge is 0.159 e. The molecule has 0 radical (unpaired) electrons. The molecule has 7 heteroatoms. The van der Waals surface area contributed by atoms with E-state index < -0.39 is 0 Å². The van der Waals surface area contributed by atoms with Crippen LogP contribution in [0.25, 0.3) is 66.9 Å². The van der Waals surface area contributed by atoms with E-state index in [9.17, 15) is 0 Å². The molecule has 10 rings (SSSR count). The predicted molar refractivity (Wildman–Crippen MR) is 214 cm³/mol. The van der Waals surface area contributed by atoms with Gasteiger partial charge in [0.2, 0.25) is 0 Å². The molecule has 0 aliphatic carbocycles. The fourth-order valence-electron chi connectivity index (χ4n) is 7.39. The van der Waals surface area contributed by atoms with Crippen LogP contribution in [0.1, 0.15) is 0 Å². The highest BCUT2D eigenvalue weighted by Gasteiger charge is 2.20. The normalized spacial score (nSPS) is 11.4. The van der Waals surface area contributed by atoms with Crippen molar-refractivity contribution >= 4 is 49.8 Å². The predicted octanol–water partition coefficient (Wildman–Crippen LogP) is 11.1. The lowest BCUT2D eigenvalue weighted by molar-refractivity contribution is 1.13. The molecule has 4 aromatic heterocycles. The van der Waals surface area contributed by atoms with Crippen LogP contribution in [-0.4, -0.2) is 29.1 Å². The van der Waals surface area contributed by atoms with Gasteiger partial charge in [0.1, 0.15) is 0 Å². The van der Waals surface area contributed by atoms with E-state index in [1.54, 1.807) is 24.8 Å². The Morgan fingerprint density at radius 1 is 0.396 bits per heavy atom. The first-order valence-electron chi connectivity index (χ1n) is 17.5. The maximum absolute atomic E-state index is 4.47. The lowest BCUT2D eigenvalue weighted by atomic mass is 10.1. The monoisotopic (exact) mass is 681 g/mol. The Morgan fingerprint density at radius 2 is 0.906 bits per heavy atom. The molecule has 250 valence electrons. The van der Waals surface area contributed by atoms with E-state index in [1.165, 1.54) is 16.2 Å². The van der Waals surface area contributed by atoms with Gasteiger partial charge in [0.15, 0.2) is 11.6 Å². The van der Waals surface area contributed by atoms with Crippen molar-refractivity contribution in [2.45, 2.75) is 0 Å². The molecule has 7 nitrogen and oxygen atoms in total. The molecule has 0 saturated carbocycles. The van der Waals surface area contributed by atoms with Crippen molar-refractivity contribution in [1.29, 1.82) is 0 Å². The highest BCUT2D eigenvalue weighted by Crippen LogP contribution is 2.42. The van der Waals surface area contributed by atoms with Crippen LogP contribution >= 0.6 is 0 Å². The number of aromatic nitrogens is 6. The van der Waals surface area contributed by atoms with Gasteiger partial charge in [-0.05, 0) is 121 Å². The van der Waals surface area contributed by atoms with Crippen LogP contribution in [0.4, 0.5) is 17.1 Å². The number of rotatable bonds is 7. The van der Waals surface area contributed by atoms with Crippen molar-refractivity contribution in [2.75, 3.05) is 4.90 Å². The minimum atomic E-state index is 0.694. The molecule has 0 bridgehead atoms. The van der Waals surface area contributed by atoms with Crippen LogP contribution in [-0.2, 0) is 0 Å². The fraction of sp³-hybridized carbons (Fsp3) is 0. The lowest BCUT2D eigenvalue weighted by Crippen LogP contribution is -2.10. The number of benzene rings is 6. The first kappa shape index (κ1) is 30.4. The van der Waals surface area contributed by atoms with Crippen molar-refractivity contribution in [3.05, 3.63) is 189 Å². The van der Waals surface area contributed by atoms with Gasteiger partial charge in [-0.3, -0.25) is 0 Å². The van der Waals surface area contributed by atoms with Crippen molar-refractivity contribution in [1.82, 2.24) is 29.1 Å². The third-order valence-corrected chi connectivity index (χ3v) is 9.79. The van der Waals surface area contributed by atoms with E-state index in [0.717, 1.165) is 56.1 Å². The molecule has 0 aliphatic heterocycles. The van der Waals surface area contributed by atoms with Gasteiger partial charge in [-0.1, -0.05) is 36.4 Å². The fourth-order valence-corrected chi connectivity index (χ4v) is 7.39. The second kappa shape index (κ2) is 12.7. The van der Waals surface area contributed by atoms with Crippen LogP contribution in [0, 0.1) is 0 Å². The summed E-state index contributed by atoms with van der Waals surface area (Å²) >= 11 is 0. The van der Waals surface area contributed by atoms with Crippen molar-refractivity contribution in [3.63, 3.8) is 0 Å². The molecule has 4 heterocycles. The molecule has 53 heavy (non-hydrogen) atoms. The Hall–Kier alpha value is -7.38. The molecule has 0 atom stereocenters. The third-order valence-electron chi connectivity index (χ3n) is 9.79. The van der Waals surface area contributed by atoms with Crippen molar-refractivity contribution < 1.29 is 0 Å². The summed E-state index contributed by atoms with van der Waals surface area (Å²) in [6, 6.07) is 55.2. The van der Waals surface area contributed by atoms with Gasteiger partial charge in [0, 0.05) is 86.7 Å². The zero-order chi connectivity index (χ0) is 35.1. The number of para-hydroxylation sites is 2. The first-order chi connectivity index (χ1) is 26.3. The average Bonchev–Trinajstić information content (AvgIpc) is 3.82. The van der Waals surface area contributed by atoms with Crippen LogP contribution in [0.5, 0.6) is 0 Å². The summed E-state index contributed by atoms with van der Waals surface area (Å²) in [5.41, 5.74) is 10.7. The molecule has 0 aliphatic rings. The van der Waals surface area contributed by atoms with E-state index in [4.69, 9.17) is 0 Å². The zero-order valence-corrected chi connectivity index (χ0v) is 28.5. The molecule has 0 N–H and O–H groups in total. The Balaban J connectivity index is 1.19. The van der Waals surface area contributed by atoms with Crippen LogP contribution in [0.2, 0.25) is 0 Å². The standard InChI is InChI=1S/C46H31N7/c1-3-9-34(10-4-1)51-30-25-39-41(51)23-24-43-44(39)40-31-38(21-22-42(40)53(43)35-11-5-2-6-12-35)52(36-17-13-32(14-18-36)45-47-26-7-27-48-45)37-19-15-33(16-20-37)46-49-28-8-29-50-46/h1-31H. The van der Waals surface area contributed by atoms with Crippen LogP contribution in [0.15, 0.2) is 189 Å². The topological polar surface area (TPSA) is 64.7 Å². The molecular weight excluding hydrogens is 651 g/mol. The van der Waals surface area contributed by atoms with E-state index in [0.29, 0.717) is 11.6 Å². The maximum Gasteiger partial charge on any atom is 0.159 e. The van der Waals surface area contributed by atoms with E-state index in [-0.39, 0.29) is 0 Å². The number of hydrogen-bond acceptors (Lipinski definition) is 5. The Bertz CT molecular complexity index is 2770. The number of nitrogens with zero attached hydrogens (tertiary/aromatic N) is 7. The minimum absolute atomic E-state index is 0.694.